The first-order chi connectivity index (χ1) is 9.63. The molecule has 108 valence electrons. The summed E-state index contributed by atoms with van der Waals surface area (Å²) in [6.45, 7) is 1.97. The summed E-state index contributed by atoms with van der Waals surface area (Å²) in [5.74, 6) is 1.55. The Labute approximate surface area is 122 Å². The van der Waals surface area contributed by atoms with Crippen molar-refractivity contribution >= 4 is 11.3 Å². The van der Waals surface area contributed by atoms with Crippen LogP contribution in [0.25, 0.3) is 0 Å². The van der Waals surface area contributed by atoms with E-state index < -0.39 is 6.10 Å². The second-order valence-electron chi connectivity index (χ2n) is 4.34. The Bertz CT molecular complexity index is 592. The molecule has 1 aromatic carbocycles. The minimum Gasteiger partial charge on any atom is -0.493 e. The molecule has 1 N–H and O–H groups in total. The van der Waals surface area contributed by atoms with Gasteiger partial charge in [-0.3, -0.25) is 0 Å². The predicted molar refractivity (Wildman–Crippen MR) is 79.2 cm³/mol. The van der Waals surface area contributed by atoms with E-state index in [0.29, 0.717) is 22.8 Å². The van der Waals surface area contributed by atoms with Crippen LogP contribution in [0, 0.1) is 6.92 Å². The number of aliphatic hydroxyl groups is 1. The molecular formula is C15H18O4S. The van der Waals surface area contributed by atoms with Gasteiger partial charge in [0.05, 0.1) is 21.3 Å². The zero-order chi connectivity index (χ0) is 14.7. The molecule has 0 bridgehead atoms. The molecule has 1 aromatic heterocycles. The minimum absolute atomic E-state index is 0.486. The molecule has 2 rings (SSSR count). The summed E-state index contributed by atoms with van der Waals surface area (Å²) in [5.41, 5.74) is 2.59. The molecule has 0 aliphatic heterocycles. The first-order valence-corrected chi connectivity index (χ1v) is 7.07. The third-order valence-electron chi connectivity index (χ3n) is 3.22. The van der Waals surface area contributed by atoms with Gasteiger partial charge >= 0.3 is 0 Å². The molecule has 0 spiro atoms. The summed E-state index contributed by atoms with van der Waals surface area (Å²) < 4.78 is 16.0. The fourth-order valence-corrected chi connectivity index (χ4v) is 3.03. The molecule has 0 saturated carbocycles. The zero-order valence-electron chi connectivity index (χ0n) is 12.0. The normalized spacial score (nSPS) is 12.1. The average Bonchev–Trinajstić information content (AvgIpc) is 2.90. The van der Waals surface area contributed by atoms with Gasteiger partial charge in [-0.15, -0.1) is 0 Å². The number of hydrogen-bond acceptors (Lipinski definition) is 5. The summed E-state index contributed by atoms with van der Waals surface area (Å²) in [6, 6.07) is 3.56. The standard InChI is InChI=1S/C15H18O4S/c1-9-7-20-8-11(9)13(16)10-5-6-12(17-2)15(19-4)14(10)18-3/h5-8,13,16H,1-4H3. The molecule has 5 heteroatoms. The van der Waals surface area contributed by atoms with Crippen molar-refractivity contribution in [1.82, 2.24) is 0 Å². The maximum atomic E-state index is 10.6. The molecular weight excluding hydrogens is 276 g/mol. The Morgan fingerprint density at radius 1 is 0.950 bits per heavy atom. The van der Waals surface area contributed by atoms with E-state index in [1.165, 1.54) is 0 Å². The van der Waals surface area contributed by atoms with Crippen LogP contribution in [0.5, 0.6) is 17.2 Å². The smallest absolute Gasteiger partial charge is 0.203 e. The van der Waals surface area contributed by atoms with Gasteiger partial charge in [-0.2, -0.15) is 11.3 Å². The van der Waals surface area contributed by atoms with Crippen molar-refractivity contribution in [3.8, 4) is 17.2 Å². The van der Waals surface area contributed by atoms with Crippen molar-refractivity contribution in [3.05, 3.63) is 39.6 Å². The SMILES string of the molecule is COc1ccc(C(O)c2cscc2C)c(OC)c1OC. The molecule has 0 aliphatic rings. The van der Waals surface area contributed by atoms with Gasteiger partial charge in [0.25, 0.3) is 0 Å². The van der Waals surface area contributed by atoms with Crippen LogP contribution < -0.4 is 14.2 Å². The summed E-state index contributed by atoms with van der Waals surface area (Å²) in [7, 11) is 4.66. The van der Waals surface area contributed by atoms with Gasteiger partial charge in [0.15, 0.2) is 11.5 Å². The highest BCUT2D eigenvalue weighted by molar-refractivity contribution is 7.08. The molecule has 0 aliphatic carbocycles. The van der Waals surface area contributed by atoms with Gasteiger partial charge in [0, 0.05) is 5.56 Å². The van der Waals surface area contributed by atoms with Gasteiger partial charge in [-0.05, 0) is 40.9 Å². The number of benzene rings is 1. The second kappa shape index (κ2) is 6.15. The van der Waals surface area contributed by atoms with Crippen LogP contribution >= 0.6 is 11.3 Å². The van der Waals surface area contributed by atoms with Gasteiger partial charge < -0.3 is 19.3 Å². The van der Waals surface area contributed by atoms with E-state index in [-0.39, 0.29) is 0 Å². The first-order valence-electron chi connectivity index (χ1n) is 6.13. The van der Waals surface area contributed by atoms with Crippen LogP contribution in [0.4, 0.5) is 0 Å². The Morgan fingerprint density at radius 3 is 2.15 bits per heavy atom. The molecule has 1 unspecified atom stereocenters. The molecule has 0 radical (unpaired) electrons. The van der Waals surface area contributed by atoms with Crippen LogP contribution in [0.3, 0.4) is 0 Å². The van der Waals surface area contributed by atoms with Gasteiger partial charge in [-0.1, -0.05) is 0 Å². The number of ether oxygens (including phenoxy) is 3. The Morgan fingerprint density at radius 2 is 1.65 bits per heavy atom. The lowest BCUT2D eigenvalue weighted by Crippen LogP contribution is -2.05. The fourth-order valence-electron chi connectivity index (χ4n) is 2.16. The third-order valence-corrected chi connectivity index (χ3v) is 4.10. The van der Waals surface area contributed by atoms with Crippen LogP contribution in [0.15, 0.2) is 22.9 Å². The van der Waals surface area contributed by atoms with Crippen LogP contribution in [-0.4, -0.2) is 26.4 Å². The summed E-state index contributed by atoms with van der Waals surface area (Å²) in [6.07, 6.45) is -0.754. The van der Waals surface area contributed by atoms with E-state index in [1.54, 1.807) is 44.8 Å². The predicted octanol–water partition coefficient (Wildman–Crippen LogP) is 3.16. The van der Waals surface area contributed by atoms with Gasteiger partial charge in [0.2, 0.25) is 5.75 Å². The van der Waals surface area contributed by atoms with Crippen molar-refractivity contribution < 1.29 is 19.3 Å². The van der Waals surface area contributed by atoms with Gasteiger partial charge in [0.1, 0.15) is 6.10 Å². The highest BCUT2D eigenvalue weighted by atomic mass is 32.1. The quantitative estimate of drug-likeness (QED) is 0.920. The largest absolute Gasteiger partial charge is 0.493 e. The molecule has 0 fully saturated rings. The van der Waals surface area contributed by atoms with E-state index in [4.69, 9.17) is 14.2 Å². The number of rotatable bonds is 5. The lowest BCUT2D eigenvalue weighted by atomic mass is 9.99. The summed E-state index contributed by atoms with van der Waals surface area (Å²) >= 11 is 1.56. The first kappa shape index (κ1) is 14.7. The van der Waals surface area contributed by atoms with E-state index >= 15 is 0 Å². The van der Waals surface area contributed by atoms with Gasteiger partial charge in [-0.25, -0.2) is 0 Å². The maximum Gasteiger partial charge on any atom is 0.203 e. The molecule has 0 saturated heterocycles. The Balaban J connectivity index is 2.54. The minimum atomic E-state index is -0.754. The van der Waals surface area contributed by atoms with Crippen LogP contribution in [0.1, 0.15) is 22.8 Å². The van der Waals surface area contributed by atoms with Crippen LogP contribution in [0.2, 0.25) is 0 Å². The average molecular weight is 294 g/mol. The number of aryl methyl sites for hydroxylation is 1. The monoisotopic (exact) mass is 294 g/mol. The summed E-state index contributed by atoms with van der Waals surface area (Å²) in [4.78, 5) is 0. The number of aliphatic hydroxyl groups excluding tert-OH is 1. The highest BCUT2D eigenvalue weighted by Crippen LogP contribution is 2.44. The van der Waals surface area contributed by atoms with Crippen LogP contribution in [-0.2, 0) is 0 Å². The molecule has 0 amide bonds. The molecule has 20 heavy (non-hydrogen) atoms. The Hall–Kier alpha value is -1.72. The summed E-state index contributed by atoms with van der Waals surface area (Å²) in [5, 5.41) is 14.5. The number of hydrogen-bond donors (Lipinski definition) is 1. The lowest BCUT2D eigenvalue weighted by Gasteiger charge is -2.19. The lowest BCUT2D eigenvalue weighted by molar-refractivity contribution is 0.212. The van der Waals surface area contributed by atoms with Crippen molar-refractivity contribution in [2.24, 2.45) is 0 Å². The molecule has 4 nitrogen and oxygen atoms in total. The van der Waals surface area contributed by atoms with E-state index in [1.807, 2.05) is 17.7 Å². The molecule has 2 aromatic rings. The zero-order valence-corrected chi connectivity index (χ0v) is 12.8. The van der Waals surface area contributed by atoms with Crippen molar-refractivity contribution in [3.63, 3.8) is 0 Å². The van der Waals surface area contributed by atoms with Crippen molar-refractivity contribution in [2.45, 2.75) is 13.0 Å². The van der Waals surface area contributed by atoms with E-state index in [9.17, 15) is 5.11 Å². The number of thiophene rings is 1. The number of methoxy groups -OCH3 is 3. The van der Waals surface area contributed by atoms with Crippen molar-refractivity contribution in [2.75, 3.05) is 21.3 Å². The van der Waals surface area contributed by atoms with E-state index in [0.717, 1.165) is 11.1 Å². The molecule has 1 atom stereocenters. The Kier molecular flexibility index (Phi) is 4.52. The fraction of sp³-hybridized carbons (Fsp3) is 0.333. The van der Waals surface area contributed by atoms with Crippen molar-refractivity contribution in [1.29, 1.82) is 0 Å². The highest BCUT2D eigenvalue weighted by Gasteiger charge is 2.23. The molecule has 1 heterocycles. The maximum absolute atomic E-state index is 10.6. The third kappa shape index (κ3) is 2.46. The topological polar surface area (TPSA) is 47.9 Å². The second-order valence-corrected chi connectivity index (χ2v) is 5.08. The van der Waals surface area contributed by atoms with E-state index in [2.05, 4.69) is 0 Å².